The number of fused-ring (bicyclic) bond motifs is 1. The van der Waals surface area contributed by atoms with Gasteiger partial charge in [0.2, 0.25) is 0 Å². The van der Waals surface area contributed by atoms with Crippen molar-refractivity contribution in [1.82, 2.24) is 9.78 Å². The van der Waals surface area contributed by atoms with E-state index in [1.807, 2.05) is 35.3 Å². The summed E-state index contributed by atoms with van der Waals surface area (Å²) < 4.78 is 13.5. The van der Waals surface area contributed by atoms with Gasteiger partial charge in [0.05, 0.1) is 11.9 Å². The van der Waals surface area contributed by atoms with Gasteiger partial charge >= 0.3 is 0 Å². The van der Waals surface area contributed by atoms with E-state index < -0.39 is 5.60 Å². The first-order valence-electron chi connectivity index (χ1n) is 8.33. The standard InChI is InChI=1S/C18H21N3O3/c1-18(2)17(22)20-14-7-6-12(9-15(14)24-18)13-10-19-21(11-13)16-5-3-4-8-23-16/h6-7,9-11,16H,3-5,8H2,1-2H3,(H,20,22). The lowest BCUT2D eigenvalue weighted by Gasteiger charge is -2.31. The van der Waals surface area contributed by atoms with Crippen LogP contribution in [0.15, 0.2) is 30.6 Å². The molecule has 2 aromatic rings. The first-order valence-corrected chi connectivity index (χ1v) is 8.33. The van der Waals surface area contributed by atoms with Gasteiger partial charge in [-0.1, -0.05) is 6.07 Å². The van der Waals surface area contributed by atoms with Gasteiger partial charge in [0.1, 0.15) is 12.0 Å². The third kappa shape index (κ3) is 2.67. The van der Waals surface area contributed by atoms with Crippen molar-refractivity contribution in [2.24, 2.45) is 0 Å². The van der Waals surface area contributed by atoms with Crippen LogP contribution in [0.2, 0.25) is 0 Å². The number of rotatable bonds is 2. The van der Waals surface area contributed by atoms with Gasteiger partial charge in [-0.15, -0.1) is 0 Å². The van der Waals surface area contributed by atoms with Gasteiger partial charge in [0.25, 0.3) is 5.91 Å². The molecule has 1 fully saturated rings. The Morgan fingerprint density at radius 3 is 2.96 bits per heavy atom. The summed E-state index contributed by atoms with van der Waals surface area (Å²) in [5, 5.41) is 7.33. The Hall–Kier alpha value is -2.34. The summed E-state index contributed by atoms with van der Waals surface area (Å²) in [5.41, 5.74) is 1.84. The molecule has 0 saturated carbocycles. The summed E-state index contributed by atoms with van der Waals surface area (Å²) >= 11 is 0. The maximum absolute atomic E-state index is 11.9. The third-order valence-electron chi connectivity index (χ3n) is 4.53. The Morgan fingerprint density at radius 2 is 2.17 bits per heavy atom. The molecule has 3 heterocycles. The summed E-state index contributed by atoms with van der Waals surface area (Å²) in [4.78, 5) is 11.9. The van der Waals surface area contributed by atoms with Crippen molar-refractivity contribution in [3.05, 3.63) is 30.6 Å². The lowest BCUT2D eigenvalue weighted by Crippen LogP contribution is -2.45. The smallest absolute Gasteiger partial charge is 0.268 e. The van der Waals surface area contributed by atoms with Gasteiger partial charge < -0.3 is 14.8 Å². The van der Waals surface area contributed by atoms with Crippen LogP contribution in [0.1, 0.15) is 39.3 Å². The topological polar surface area (TPSA) is 65.4 Å². The van der Waals surface area contributed by atoms with Gasteiger partial charge in [-0.2, -0.15) is 5.10 Å². The molecule has 1 atom stereocenters. The Kier molecular flexibility index (Phi) is 3.57. The van der Waals surface area contributed by atoms with E-state index in [4.69, 9.17) is 9.47 Å². The molecular formula is C18H21N3O3. The Balaban J connectivity index is 1.61. The normalized spacial score (nSPS) is 22.4. The predicted molar refractivity (Wildman–Crippen MR) is 89.8 cm³/mol. The van der Waals surface area contributed by atoms with E-state index in [0.717, 1.165) is 30.6 Å². The fraction of sp³-hybridized carbons (Fsp3) is 0.444. The Morgan fingerprint density at radius 1 is 1.29 bits per heavy atom. The highest BCUT2D eigenvalue weighted by molar-refractivity contribution is 6.00. The highest BCUT2D eigenvalue weighted by Crippen LogP contribution is 2.37. The second kappa shape index (κ2) is 5.63. The molecule has 4 rings (SSSR count). The number of carbonyl (C=O) groups is 1. The Bertz CT molecular complexity index is 776. The molecule has 0 aliphatic carbocycles. The molecule has 0 spiro atoms. The predicted octanol–water partition coefficient (Wildman–Crippen LogP) is 3.36. The lowest BCUT2D eigenvalue weighted by molar-refractivity contribution is -0.129. The van der Waals surface area contributed by atoms with Crippen molar-refractivity contribution in [3.63, 3.8) is 0 Å². The van der Waals surface area contributed by atoms with Crippen LogP contribution >= 0.6 is 0 Å². The summed E-state index contributed by atoms with van der Waals surface area (Å²) in [7, 11) is 0. The number of hydrogen-bond donors (Lipinski definition) is 1. The van der Waals surface area contributed by atoms with Crippen LogP contribution in [0.25, 0.3) is 11.1 Å². The third-order valence-corrected chi connectivity index (χ3v) is 4.53. The van der Waals surface area contributed by atoms with Crippen LogP contribution in [0.3, 0.4) is 0 Å². The molecule has 1 amide bonds. The van der Waals surface area contributed by atoms with E-state index in [2.05, 4.69) is 10.4 Å². The zero-order valence-corrected chi connectivity index (χ0v) is 13.9. The Labute approximate surface area is 140 Å². The summed E-state index contributed by atoms with van der Waals surface area (Å²) in [6, 6.07) is 5.77. The second-order valence-corrected chi connectivity index (χ2v) is 6.81. The summed E-state index contributed by atoms with van der Waals surface area (Å²) in [6.45, 7) is 4.31. The number of ether oxygens (including phenoxy) is 2. The molecule has 1 saturated heterocycles. The molecule has 6 nitrogen and oxygen atoms in total. The number of hydrogen-bond acceptors (Lipinski definition) is 4. The highest BCUT2D eigenvalue weighted by Gasteiger charge is 2.35. The number of amides is 1. The fourth-order valence-electron chi connectivity index (χ4n) is 3.06. The average molecular weight is 327 g/mol. The summed E-state index contributed by atoms with van der Waals surface area (Å²) in [6.07, 6.45) is 7.15. The van der Waals surface area contributed by atoms with Crippen molar-refractivity contribution in [2.75, 3.05) is 11.9 Å². The molecule has 2 aliphatic heterocycles. The number of carbonyl (C=O) groups excluding carboxylic acids is 1. The molecule has 1 aromatic heterocycles. The van der Waals surface area contributed by atoms with Gasteiger partial charge in [0, 0.05) is 18.4 Å². The first-order chi connectivity index (χ1) is 11.5. The molecule has 2 aliphatic rings. The van der Waals surface area contributed by atoms with Crippen LogP contribution in [-0.2, 0) is 9.53 Å². The largest absolute Gasteiger partial charge is 0.476 e. The molecule has 24 heavy (non-hydrogen) atoms. The molecule has 0 radical (unpaired) electrons. The van der Waals surface area contributed by atoms with E-state index in [1.54, 1.807) is 13.8 Å². The molecule has 1 aromatic carbocycles. The molecular weight excluding hydrogens is 306 g/mol. The minimum Gasteiger partial charge on any atom is -0.476 e. The number of benzene rings is 1. The van der Waals surface area contributed by atoms with Crippen molar-refractivity contribution in [3.8, 4) is 16.9 Å². The fourth-order valence-corrected chi connectivity index (χ4v) is 3.06. The van der Waals surface area contributed by atoms with Crippen LogP contribution in [-0.4, -0.2) is 27.9 Å². The van der Waals surface area contributed by atoms with E-state index >= 15 is 0 Å². The maximum atomic E-state index is 11.9. The number of aromatic nitrogens is 2. The maximum Gasteiger partial charge on any atom is 0.268 e. The van der Waals surface area contributed by atoms with Crippen molar-refractivity contribution in [1.29, 1.82) is 0 Å². The minimum absolute atomic E-state index is 0.0274. The van der Waals surface area contributed by atoms with E-state index in [-0.39, 0.29) is 12.1 Å². The highest BCUT2D eigenvalue weighted by atomic mass is 16.5. The van der Waals surface area contributed by atoms with E-state index in [9.17, 15) is 4.79 Å². The van der Waals surface area contributed by atoms with Gasteiger partial charge in [0.15, 0.2) is 5.60 Å². The minimum atomic E-state index is -0.869. The van der Waals surface area contributed by atoms with Crippen LogP contribution in [0.4, 0.5) is 5.69 Å². The molecule has 1 unspecified atom stereocenters. The zero-order valence-electron chi connectivity index (χ0n) is 13.9. The van der Waals surface area contributed by atoms with Crippen molar-refractivity contribution < 1.29 is 14.3 Å². The number of nitrogens with zero attached hydrogens (tertiary/aromatic N) is 2. The average Bonchev–Trinajstić information content (AvgIpc) is 3.06. The zero-order chi connectivity index (χ0) is 16.7. The van der Waals surface area contributed by atoms with Crippen molar-refractivity contribution in [2.45, 2.75) is 44.9 Å². The van der Waals surface area contributed by atoms with Gasteiger partial charge in [-0.25, -0.2) is 4.68 Å². The molecule has 6 heteroatoms. The number of anilines is 1. The van der Waals surface area contributed by atoms with E-state index in [1.165, 1.54) is 6.42 Å². The summed E-state index contributed by atoms with van der Waals surface area (Å²) in [5.74, 6) is 0.545. The monoisotopic (exact) mass is 327 g/mol. The van der Waals surface area contributed by atoms with Gasteiger partial charge in [-0.05, 0) is 50.8 Å². The van der Waals surface area contributed by atoms with E-state index in [0.29, 0.717) is 11.4 Å². The SMILES string of the molecule is CC1(C)Oc2cc(-c3cnn(C4CCCCO4)c3)ccc2NC1=O. The van der Waals surface area contributed by atoms with Gasteiger partial charge in [-0.3, -0.25) is 4.79 Å². The molecule has 1 N–H and O–H groups in total. The van der Waals surface area contributed by atoms with Crippen molar-refractivity contribution >= 4 is 11.6 Å². The number of nitrogens with one attached hydrogen (secondary N) is 1. The van der Waals surface area contributed by atoms with Crippen LogP contribution in [0, 0.1) is 0 Å². The van der Waals surface area contributed by atoms with Crippen LogP contribution in [0.5, 0.6) is 5.75 Å². The molecule has 126 valence electrons. The second-order valence-electron chi connectivity index (χ2n) is 6.81. The lowest BCUT2D eigenvalue weighted by atomic mass is 10.0. The van der Waals surface area contributed by atoms with Crippen LogP contribution < -0.4 is 10.1 Å². The molecule has 0 bridgehead atoms. The quantitative estimate of drug-likeness (QED) is 0.918. The first kappa shape index (κ1) is 15.2.